The average molecular weight is 606 g/mol. The van der Waals surface area contributed by atoms with Crippen LogP contribution in [0.1, 0.15) is 23.6 Å². The zero-order chi connectivity index (χ0) is 30.7. The summed E-state index contributed by atoms with van der Waals surface area (Å²) in [5, 5.41) is 2.71. The van der Waals surface area contributed by atoms with Crippen LogP contribution in [0, 0.1) is 0 Å². The fourth-order valence-electron chi connectivity index (χ4n) is 7.66. The Kier molecular flexibility index (Phi) is 6.19. The first-order chi connectivity index (χ1) is 22.7. The summed E-state index contributed by atoms with van der Waals surface area (Å²) in [6.45, 7) is 2.43. The largest absolute Gasteiger partial charge is 0.311 e. The highest BCUT2D eigenvalue weighted by Gasteiger charge is 2.41. The van der Waals surface area contributed by atoms with E-state index in [1.165, 1.54) is 59.1 Å². The predicted molar refractivity (Wildman–Crippen MR) is 197 cm³/mol. The maximum atomic E-state index is 2.43. The van der Waals surface area contributed by atoms with Crippen LogP contribution < -0.4 is 4.90 Å². The van der Waals surface area contributed by atoms with Crippen molar-refractivity contribution in [3.05, 3.63) is 187 Å². The molecule has 0 radical (unpaired) electrons. The normalized spacial score (nSPS) is 13.1. The molecule has 46 heavy (non-hydrogen) atoms. The Bertz CT molecular complexity index is 2280. The van der Waals surface area contributed by atoms with E-state index in [0.717, 1.165) is 17.1 Å². The van der Waals surface area contributed by atoms with Crippen molar-refractivity contribution in [1.29, 1.82) is 0 Å². The van der Waals surface area contributed by atoms with Crippen molar-refractivity contribution >= 4 is 48.6 Å². The van der Waals surface area contributed by atoms with Gasteiger partial charge in [0.05, 0.1) is 0 Å². The minimum atomic E-state index is -0.260. The second-order valence-corrected chi connectivity index (χ2v) is 13.3. The minimum Gasteiger partial charge on any atom is -0.311 e. The smallest absolute Gasteiger partial charge is 0.0462 e. The van der Waals surface area contributed by atoms with Crippen molar-refractivity contribution in [2.75, 3.05) is 4.90 Å². The van der Waals surface area contributed by atoms with Gasteiger partial charge in [0.25, 0.3) is 0 Å². The molecule has 0 spiro atoms. The van der Waals surface area contributed by atoms with Gasteiger partial charge in [-0.3, -0.25) is 0 Å². The molecule has 0 aliphatic heterocycles. The molecule has 0 N–H and O–H groups in total. The van der Waals surface area contributed by atoms with E-state index < -0.39 is 0 Å². The molecule has 1 nitrogen and oxygen atoms in total. The molecule has 9 rings (SSSR count). The van der Waals surface area contributed by atoms with E-state index in [1.54, 1.807) is 0 Å². The Morgan fingerprint density at radius 3 is 1.46 bits per heavy atom. The van der Waals surface area contributed by atoms with Crippen LogP contribution in [0.3, 0.4) is 0 Å². The first-order valence-corrected chi connectivity index (χ1v) is 16.7. The summed E-state index contributed by atoms with van der Waals surface area (Å²) in [6.07, 6.45) is 0. The van der Waals surface area contributed by atoms with Gasteiger partial charge in [0.15, 0.2) is 0 Å². The Morgan fingerprint density at radius 2 is 0.848 bits per heavy atom. The number of fused-ring (bicyclic) bond motifs is 6. The molecule has 0 unspecified atom stereocenters. The Morgan fingerprint density at radius 1 is 0.391 bits per heavy atom. The lowest BCUT2D eigenvalue weighted by molar-refractivity contribution is 0.722. The van der Waals surface area contributed by atoms with Gasteiger partial charge in [-0.2, -0.15) is 0 Å². The van der Waals surface area contributed by atoms with Gasteiger partial charge in [0, 0.05) is 42.6 Å². The van der Waals surface area contributed by atoms with Crippen LogP contribution in [0.25, 0.3) is 42.4 Å². The minimum absolute atomic E-state index is 0.260. The lowest BCUT2D eigenvalue weighted by Gasteiger charge is -2.29. The lowest BCUT2D eigenvalue weighted by atomic mass is 9.72. The van der Waals surface area contributed by atoms with E-state index in [-0.39, 0.29) is 5.41 Å². The average Bonchev–Trinajstić information content (AvgIpc) is 3.64. The van der Waals surface area contributed by atoms with Crippen LogP contribution in [0.15, 0.2) is 170 Å². The maximum absolute atomic E-state index is 2.43. The summed E-state index contributed by atoms with van der Waals surface area (Å²) in [6, 6.07) is 61.9. The third-order valence-corrected chi connectivity index (χ3v) is 10.9. The third kappa shape index (κ3) is 4.00. The molecule has 7 aromatic carbocycles. The van der Waals surface area contributed by atoms with Gasteiger partial charge in [0.2, 0.25) is 0 Å². The lowest BCUT2D eigenvalue weighted by Crippen LogP contribution is -2.22. The Labute approximate surface area is 273 Å². The SMILES string of the molecule is CC1(c2cccc3sc4cccc(-c5ccc(N(c6ccccc6)c6ccccc6)cc5)c4c23)c2ccccc2-c2ccccc21. The van der Waals surface area contributed by atoms with Crippen LogP contribution >= 0.6 is 11.3 Å². The van der Waals surface area contributed by atoms with Crippen molar-refractivity contribution < 1.29 is 0 Å². The summed E-state index contributed by atoms with van der Waals surface area (Å²) in [5.74, 6) is 0. The van der Waals surface area contributed by atoms with Gasteiger partial charge >= 0.3 is 0 Å². The van der Waals surface area contributed by atoms with Crippen molar-refractivity contribution in [2.45, 2.75) is 12.3 Å². The zero-order valence-electron chi connectivity index (χ0n) is 25.5. The molecular weight excluding hydrogens is 575 g/mol. The molecule has 8 aromatic rings. The number of nitrogens with zero attached hydrogens (tertiary/aromatic N) is 1. The summed E-state index contributed by atoms with van der Waals surface area (Å²) >= 11 is 1.90. The van der Waals surface area contributed by atoms with Crippen LogP contribution in [0.4, 0.5) is 17.1 Å². The Hall–Kier alpha value is -5.44. The summed E-state index contributed by atoms with van der Waals surface area (Å²) in [4.78, 5) is 2.32. The number of hydrogen-bond donors (Lipinski definition) is 0. The van der Waals surface area contributed by atoms with Gasteiger partial charge in [-0.15, -0.1) is 11.3 Å². The molecule has 0 amide bonds. The second-order valence-electron chi connectivity index (χ2n) is 12.2. The standard InChI is InChI=1S/C44H31NS/c1-44(37-21-10-8-18-35(37)36-19-9-11-22-38(36)44)39-23-13-25-41-43(39)42-34(20-12-24-40(42)46-41)30-26-28-33(29-27-30)45(31-14-4-2-5-15-31)32-16-6-3-7-17-32/h2-29H,1H3. The first-order valence-electron chi connectivity index (χ1n) is 15.9. The molecule has 1 aromatic heterocycles. The number of hydrogen-bond acceptors (Lipinski definition) is 2. The highest BCUT2D eigenvalue weighted by molar-refractivity contribution is 7.26. The van der Waals surface area contributed by atoms with Gasteiger partial charge in [-0.1, -0.05) is 121 Å². The highest BCUT2D eigenvalue weighted by Crippen LogP contribution is 2.55. The van der Waals surface area contributed by atoms with Gasteiger partial charge in [-0.05, 0) is 94.4 Å². The number of benzene rings is 7. The molecule has 1 aliphatic rings. The first kappa shape index (κ1) is 26.9. The molecule has 0 bridgehead atoms. The van der Waals surface area contributed by atoms with Crippen LogP contribution in [0.5, 0.6) is 0 Å². The van der Waals surface area contributed by atoms with Crippen molar-refractivity contribution in [3.63, 3.8) is 0 Å². The molecular formula is C44H31NS. The predicted octanol–water partition coefficient (Wildman–Crippen LogP) is 12.5. The topological polar surface area (TPSA) is 3.24 Å². The zero-order valence-corrected chi connectivity index (χ0v) is 26.3. The third-order valence-electron chi connectivity index (χ3n) is 9.75. The van der Waals surface area contributed by atoms with Crippen LogP contribution in [-0.2, 0) is 5.41 Å². The number of anilines is 3. The van der Waals surface area contributed by atoms with E-state index in [0.29, 0.717) is 0 Å². The molecule has 0 atom stereocenters. The molecule has 2 heteroatoms. The Balaban J connectivity index is 1.24. The molecule has 0 saturated carbocycles. The highest BCUT2D eigenvalue weighted by atomic mass is 32.1. The second kappa shape index (κ2) is 10.6. The van der Waals surface area contributed by atoms with Crippen molar-refractivity contribution in [1.82, 2.24) is 0 Å². The van der Waals surface area contributed by atoms with Gasteiger partial charge in [0.1, 0.15) is 0 Å². The van der Waals surface area contributed by atoms with Gasteiger partial charge < -0.3 is 4.90 Å². The quantitative estimate of drug-likeness (QED) is 0.189. The number of thiophene rings is 1. The summed E-state index contributed by atoms with van der Waals surface area (Å²) in [5.41, 5.74) is 12.5. The number of para-hydroxylation sites is 2. The van der Waals surface area contributed by atoms with Crippen LogP contribution in [0.2, 0.25) is 0 Å². The summed E-state index contributed by atoms with van der Waals surface area (Å²) < 4.78 is 2.65. The van der Waals surface area contributed by atoms with Crippen molar-refractivity contribution in [2.24, 2.45) is 0 Å². The van der Waals surface area contributed by atoms with Crippen molar-refractivity contribution in [3.8, 4) is 22.3 Å². The molecule has 1 aliphatic carbocycles. The molecule has 0 saturated heterocycles. The van der Waals surface area contributed by atoms with Gasteiger partial charge in [-0.25, -0.2) is 0 Å². The number of rotatable bonds is 5. The van der Waals surface area contributed by atoms with E-state index in [1.807, 2.05) is 11.3 Å². The van der Waals surface area contributed by atoms with Crippen LogP contribution in [-0.4, -0.2) is 0 Å². The van der Waals surface area contributed by atoms with E-state index in [9.17, 15) is 0 Å². The fraction of sp³-hybridized carbons (Fsp3) is 0.0455. The molecule has 218 valence electrons. The van der Waals surface area contributed by atoms with E-state index >= 15 is 0 Å². The fourth-order valence-corrected chi connectivity index (χ4v) is 8.82. The maximum Gasteiger partial charge on any atom is 0.0462 e. The molecule has 1 heterocycles. The monoisotopic (exact) mass is 605 g/mol. The van der Waals surface area contributed by atoms with E-state index in [4.69, 9.17) is 0 Å². The molecule has 0 fully saturated rings. The van der Waals surface area contributed by atoms with E-state index in [2.05, 4.69) is 182 Å². The summed E-state index contributed by atoms with van der Waals surface area (Å²) in [7, 11) is 0.